The van der Waals surface area contributed by atoms with E-state index in [1.165, 1.54) is 20.8 Å². The van der Waals surface area contributed by atoms with Crippen molar-refractivity contribution < 1.29 is 51.0 Å². The van der Waals surface area contributed by atoms with E-state index in [4.69, 9.17) is 9.47 Å². The molecule has 5 aliphatic rings. The van der Waals surface area contributed by atoms with E-state index in [1.807, 2.05) is 0 Å². The number of carbonyl (C=O) groups excluding carboxylic acids is 6. The topological polar surface area (TPSA) is 189 Å². The molecule has 0 aromatic heterocycles. The molecule has 2 aliphatic carbocycles. The van der Waals surface area contributed by atoms with Gasteiger partial charge in [-0.05, 0) is 70.6 Å². The summed E-state index contributed by atoms with van der Waals surface area (Å²) < 4.78 is 51.6. The van der Waals surface area contributed by atoms with Crippen molar-refractivity contribution in [2.45, 2.75) is 107 Å². The van der Waals surface area contributed by atoms with Crippen molar-refractivity contribution >= 4 is 45.5 Å². The Balaban J connectivity index is 1.29. The van der Waals surface area contributed by atoms with E-state index >= 15 is 0 Å². The van der Waals surface area contributed by atoms with Crippen molar-refractivity contribution in [1.82, 2.24) is 25.3 Å². The minimum absolute atomic E-state index is 0.0275. The summed E-state index contributed by atoms with van der Waals surface area (Å²) in [6, 6.07) is 2.02. The Morgan fingerprint density at radius 2 is 1.85 bits per heavy atom. The number of Topliss-reactive ketones (excluding diaryl/α,β-unsaturated/α-hetero) is 1. The molecule has 3 heterocycles. The second-order valence-corrected chi connectivity index (χ2v) is 18.2. The van der Waals surface area contributed by atoms with Gasteiger partial charge in [-0.1, -0.05) is 30.9 Å². The number of rotatable bonds is 7. The van der Waals surface area contributed by atoms with Gasteiger partial charge in [0.25, 0.3) is 0 Å². The molecule has 2 N–H and O–H groups in total. The molecule has 3 aliphatic heterocycles. The van der Waals surface area contributed by atoms with Crippen LogP contribution in [-0.4, -0.2) is 119 Å². The zero-order chi connectivity index (χ0) is 39.9. The first-order valence-electron chi connectivity index (χ1n) is 18.6. The average molecular weight is 786 g/mol. The van der Waals surface area contributed by atoms with Crippen LogP contribution in [0.2, 0.25) is 0 Å². The van der Waals surface area contributed by atoms with E-state index in [1.54, 1.807) is 45.1 Å². The number of fused-ring (bicyclic) bond motifs is 3. The van der Waals surface area contributed by atoms with E-state index in [0.717, 1.165) is 6.08 Å². The SMILES string of the molecule is C=CC(=O)N1C/C=C\[C@H]2C[C@@]2(C(=O)CS(=O)(=O)C2CC2)NC(=O)[C@@H]2C[C@@H](OC(=O)N3Cc4cccc(F)c4C3)CN2C(=O)[C@@H](NC(=O)OC(C)(C)C)CCC1. The fourth-order valence-electron chi connectivity index (χ4n) is 7.48. The molecule has 5 atom stereocenters. The molecule has 15 nitrogen and oxygen atoms in total. The van der Waals surface area contributed by atoms with Crippen LogP contribution < -0.4 is 10.6 Å². The molecular formula is C38H48FN5O10S. The van der Waals surface area contributed by atoms with E-state index in [0.29, 0.717) is 24.0 Å². The van der Waals surface area contributed by atoms with Gasteiger partial charge >= 0.3 is 12.2 Å². The molecule has 5 amide bonds. The Labute approximate surface area is 319 Å². The lowest BCUT2D eigenvalue weighted by molar-refractivity contribution is -0.141. The van der Waals surface area contributed by atoms with E-state index in [9.17, 15) is 41.6 Å². The molecule has 2 saturated carbocycles. The number of halogens is 1. The normalized spacial score (nSPS) is 27.7. The maximum absolute atomic E-state index is 14.5. The summed E-state index contributed by atoms with van der Waals surface area (Å²) >= 11 is 0. The van der Waals surface area contributed by atoms with Crippen molar-refractivity contribution in [3.63, 3.8) is 0 Å². The zero-order valence-electron chi connectivity index (χ0n) is 31.3. The van der Waals surface area contributed by atoms with Gasteiger partial charge in [0.1, 0.15) is 40.9 Å². The maximum atomic E-state index is 14.5. The fraction of sp³-hybridized carbons (Fsp3) is 0.579. The summed E-state index contributed by atoms with van der Waals surface area (Å²) in [5, 5.41) is 4.79. The summed E-state index contributed by atoms with van der Waals surface area (Å²) in [7, 11) is -3.76. The molecule has 0 bridgehead atoms. The lowest BCUT2D eigenvalue weighted by atomic mass is 10.1. The Morgan fingerprint density at radius 3 is 2.53 bits per heavy atom. The highest BCUT2D eigenvalue weighted by Crippen LogP contribution is 2.47. The van der Waals surface area contributed by atoms with Crippen LogP contribution in [0.5, 0.6) is 0 Å². The molecular weight excluding hydrogens is 738 g/mol. The van der Waals surface area contributed by atoms with Crippen LogP contribution in [-0.2, 0) is 51.6 Å². The highest BCUT2D eigenvalue weighted by molar-refractivity contribution is 7.93. The summed E-state index contributed by atoms with van der Waals surface area (Å²) in [5.74, 6) is -4.35. The quantitative estimate of drug-likeness (QED) is 0.307. The lowest BCUT2D eigenvalue weighted by Gasteiger charge is -2.30. The molecule has 0 spiro atoms. The van der Waals surface area contributed by atoms with Crippen LogP contribution in [0, 0.1) is 11.7 Å². The number of hydrogen-bond donors (Lipinski definition) is 2. The molecule has 17 heteroatoms. The third-order valence-electron chi connectivity index (χ3n) is 10.6. The van der Waals surface area contributed by atoms with Crippen LogP contribution in [0.3, 0.4) is 0 Å². The summed E-state index contributed by atoms with van der Waals surface area (Å²) in [4.78, 5) is 85.8. The maximum Gasteiger partial charge on any atom is 0.410 e. The first-order chi connectivity index (χ1) is 25.9. The van der Waals surface area contributed by atoms with Crippen molar-refractivity contribution in [2.24, 2.45) is 5.92 Å². The summed E-state index contributed by atoms with van der Waals surface area (Å²) in [6.07, 6.45) is 2.91. The Bertz CT molecular complexity index is 1910. The minimum Gasteiger partial charge on any atom is -0.444 e. The van der Waals surface area contributed by atoms with E-state index in [2.05, 4.69) is 17.2 Å². The molecule has 1 aromatic carbocycles. The van der Waals surface area contributed by atoms with Gasteiger partial charge < -0.3 is 29.9 Å². The summed E-state index contributed by atoms with van der Waals surface area (Å²) in [5.41, 5.74) is -1.51. The molecule has 0 radical (unpaired) electrons. The number of sulfone groups is 1. The van der Waals surface area contributed by atoms with Gasteiger partial charge in [0.05, 0.1) is 18.3 Å². The van der Waals surface area contributed by atoms with Crippen molar-refractivity contribution in [2.75, 3.05) is 25.4 Å². The number of carbonyl (C=O) groups is 6. The van der Waals surface area contributed by atoms with Gasteiger partial charge in [-0.2, -0.15) is 0 Å². The smallest absolute Gasteiger partial charge is 0.410 e. The summed E-state index contributed by atoms with van der Waals surface area (Å²) in [6.45, 7) is 8.61. The van der Waals surface area contributed by atoms with Gasteiger partial charge in [0.2, 0.25) is 17.7 Å². The first kappa shape index (κ1) is 39.9. The molecule has 298 valence electrons. The van der Waals surface area contributed by atoms with Crippen molar-refractivity contribution in [1.29, 1.82) is 0 Å². The number of hydrogen-bond acceptors (Lipinski definition) is 10. The number of ether oxygens (including phenoxy) is 2. The van der Waals surface area contributed by atoms with Gasteiger partial charge in [0, 0.05) is 37.5 Å². The second-order valence-electron chi connectivity index (χ2n) is 15.9. The zero-order valence-corrected chi connectivity index (χ0v) is 32.1. The molecule has 6 rings (SSSR count). The third-order valence-corrected chi connectivity index (χ3v) is 12.8. The van der Waals surface area contributed by atoms with Gasteiger partial charge in [-0.3, -0.25) is 24.1 Å². The molecule has 1 saturated heterocycles. The molecule has 0 unspecified atom stereocenters. The van der Waals surface area contributed by atoms with Gasteiger partial charge in [-0.15, -0.1) is 0 Å². The highest BCUT2D eigenvalue weighted by atomic mass is 32.2. The van der Waals surface area contributed by atoms with Crippen molar-refractivity contribution in [3.05, 3.63) is 60.0 Å². The largest absolute Gasteiger partial charge is 0.444 e. The number of ketones is 1. The van der Waals surface area contributed by atoms with E-state index < -0.39 is 97.6 Å². The predicted octanol–water partition coefficient (Wildman–Crippen LogP) is 2.53. The first-order valence-corrected chi connectivity index (χ1v) is 20.3. The van der Waals surface area contributed by atoms with Crippen LogP contribution >= 0.6 is 0 Å². The number of nitrogens with zero attached hydrogens (tertiary/aromatic N) is 3. The Morgan fingerprint density at radius 1 is 1.11 bits per heavy atom. The number of alkyl carbamates (subject to hydrolysis) is 1. The monoisotopic (exact) mass is 785 g/mol. The van der Waals surface area contributed by atoms with Gasteiger partial charge in [-0.25, -0.2) is 22.4 Å². The number of benzene rings is 1. The van der Waals surface area contributed by atoms with Crippen LogP contribution in [0.4, 0.5) is 14.0 Å². The standard InChI is InChI=1S/C38H48FN5O10S/c1-5-32(46)42-15-7-10-24-18-38(24,31(45)22-55(51,52)26-13-14-26)41-33(47)30-17-25(53-36(50)43-19-23-9-6-11-28(39)27(23)21-43)20-44(30)34(48)29(12-8-16-42)40-35(49)54-37(2,3)4/h5-7,9-11,24-26,29-30H,1,8,12-22H2,2-4H3,(H,40,49)(H,41,47)/b10-7-/t24-,25+,29-,30-,38+/m0/s1. The third kappa shape index (κ3) is 9.03. The van der Waals surface area contributed by atoms with E-state index in [-0.39, 0.29) is 58.4 Å². The van der Waals surface area contributed by atoms with Crippen molar-refractivity contribution in [3.8, 4) is 0 Å². The Kier molecular flexibility index (Phi) is 11.2. The number of nitrogens with one attached hydrogen (secondary N) is 2. The van der Waals surface area contributed by atoms with Crippen LogP contribution in [0.25, 0.3) is 0 Å². The highest BCUT2D eigenvalue weighted by Gasteiger charge is 2.61. The van der Waals surface area contributed by atoms with Crippen LogP contribution in [0.1, 0.15) is 70.4 Å². The minimum atomic E-state index is -3.76. The lowest BCUT2D eigenvalue weighted by Crippen LogP contribution is -2.57. The molecule has 55 heavy (non-hydrogen) atoms. The van der Waals surface area contributed by atoms with Gasteiger partial charge in [0.15, 0.2) is 15.6 Å². The molecule has 1 aromatic rings. The molecule has 3 fully saturated rings. The fourth-order valence-corrected chi connectivity index (χ4v) is 9.20. The average Bonchev–Trinajstić information content (AvgIpc) is 3.99. The van der Waals surface area contributed by atoms with Crippen LogP contribution in [0.15, 0.2) is 43.0 Å². The predicted molar refractivity (Wildman–Crippen MR) is 195 cm³/mol. The Hall–Kier alpha value is -4.80. The number of amides is 5. The second kappa shape index (κ2) is 15.4.